The standard InChI is InChI=1S/C19H18FNO/c1-3-7-15-12-14-9-6-10-16(20)18(14)19(22)21(15)17-11-5-4-8-13(17)2/h4-6,8-12H,3,7H2,1-2H3. The van der Waals surface area contributed by atoms with Gasteiger partial charge in [-0.05, 0) is 42.5 Å². The van der Waals surface area contributed by atoms with Gasteiger partial charge >= 0.3 is 0 Å². The van der Waals surface area contributed by atoms with Crippen molar-refractivity contribution in [3.63, 3.8) is 0 Å². The lowest BCUT2D eigenvalue weighted by Gasteiger charge is -2.16. The molecule has 2 nitrogen and oxygen atoms in total. The Morgan fingerprint density at radius 3 is 2.59 bits per heavy atom. The first-order valence-electron chi connectivity index (χ1n) is 7.52. The number of aromatic nitrogens is 1. The van der Waals surface area contributed by atoms with Gasteiger partial charge in [0.2, 0.25) is 0 Å². The summed E-state index contributed by atoms with van der Waals surface area (Å²) < 4.78 is 15.8. The van der Waals surface area contributed by atoms with Crippen LogP contribution in [-0.2, 0) is 6.42 Å². The average molecular weight is 295 g/mol. The van der Waals surface area contributed by atoms with Gasteiger partial charge in [0.1, 0.15) is 5.82 Å². The van der Waals surface area contributed by atoms with Crippen molar-refractivity contribution >= 4 is 10.8 Å². The number of aryl methyl sites for hydroxylation is 2. The number of hydrogen-bond donors (Lipinski definition) is 0. The second-order valence-electron chi connectivity index (χ2n) is 5.52. The van der Waals surface area contributed by atoms with E-state index in [0.717, 1.165) is 29.8 Å². The normalized spacial score (nSPS) is 11.0. The summed E-state index contributed by atoms with van der Waals surface area (Å²) >= 11 is 0. The van der Waals surface area contributed by atoms with Gasteiger partial charge in [0.05, 0.1) is 11.1 Å². The highest BCUT2D eigenvalue weighted by molar-refractivity contribution is 5.83. The van der Waals surface area contributed by atoms with E-state index in [2.05, 4.69) is 6.92 Å². The van der Waals surface area contributed by atoms with Crippen LogP contribution >= 0.6 is 0 Å². The molecular weight excluding hydrogens is 277 g/mol. The summed E-state index contributed by atoms with van der Waals surface area (Å²) in [4.78, 5) is 12.9. The average Bonchev–Trinajstić information content (AvgIpc) is 2.49. The highest BCUT2D eigenvalue weighted by Gasteiger charge is 2.14. The van der Waals surface area contributed by atoms with E-state index in [1.54, 1.807) is 16.7 Å². The Balaban J connectivity index is 2.44. The van der Waals surface area contributed by atoms with Crippen LogP contribution in [-0.4, -0.2) is 4.57 Å². The molecule has 0 bridgehead atoms. The molecule has 0 fully saturated rings. The fourth-order valence-electron chi connectivity index (χ4n) is 2.89. The molecule has 0 aliphatic rings. The Hall–Kier alpha value is -2.42. The zero-order chi connectivity index (χ0) is 15.7. The van der Waals surface area contributed by atoms with Gasteiger partial charge in [-0.2, -0.15) is 0 Å². The third-order valence-corrected chi connectivity index (χ3v) is 3.93. The van der Waals surface area contributed by atoms with E-state index in [0.29, 0.717) is 5.39 Å². The third-order valence-electron chi connectivity index (χ3n) is 3.93. The minimum Gasteiger partial charge on any atom is -0.280 e. The van der Waals surface area contributed by atoms with Crippen molar-refractivity contribution in [1.29, 1.82) is 0 Å². The largest absolute Gasteiger partial charge is 0.280 e. The number of halogens is 1. The number of rotatable bonds is 3. The fraction of sp³-hybridized carbons (Fsp3) is 0.211. The van der Waals surface area contributed by atoms with Crippen molar-refractivity contribution in [2.75, 3.05) is 0 Å². The minimum atomic E-state index is -0.465. The maximum absolute atomic E-state index is 14.1. The van der Waals surface area contributed by atoms with E-state index in [1.807, 2.05) is 37.3 Å². The SMILES string of the molecule is CCCc1cc2cccc(F)c2c(=O)n1-c1ccccc1C. The topological polar surface area (TPSA) is 22.0 Å². The first-order valence-corrected chi connectivity index (χ1v) is 7.52. The summed E-state index contributed by atoms with van der Waals surface area (Å²) in [6.07, 6.45) is 1.70. The Kier molecular flexibility index (Phi) is 3.80. The summed E-state index contributed by atoms with van der Waals surface area (Å²) in [5.74, 6) is -0.465. The van der Waals surface area contributed by atoms with Crippen molar-refractivity contribution in [2.24, 2.45) is 0 Å². The van der Waals surface area contributed by atoms with Gasteiger partial charge in [-0.25, -0.2) is 4.39 Å². The minimum absolute atomic E-state index is 0.158. The molecule has 1 aromatic heterocycles. The number of para-hydroxylation sites is 1. The molecule has 0 saturated carbocycles. The Morgan fingerprint density at radius 1 is 1.09 bits per heavy atom. The van der Waals surface area contributed by atoms with E-state index in [4.69, 9.17) is 0 Å². The molecule has 0 aliphatic carbocycles. The molecule has 1 heterocycles. The molecule has 3 aromatic rings. The van der Waals surface area contributed by atoms with Crippen LogP contribution in [0.25, 0.3) is 16.5 Å². The van der Waals surface area contributed by atoms with Crippen molar-refractivity contribution in [3.05, 3.63) is 76.0 Å². The van der Waals surface area contributed by atoms with E-state index >= 15 is 0 Å². The van der Waals surface area contributed by atoms with Crippen molar-refractivity contribution < 1.29 is 4.39 Å². The van der Waals surface area contributed by atoms with Crippen LogP contribution in [0.3, 0.4) is 0 Å². The molecule has 0 spiro atoms. The van der Waals surface area contributed by atoms with Crippen LogP contribution in [0, 0.1) is 12.7 Å². The first kappa shape index (κ1) is 14.5. The smallest absolute Gasteiger partial charge is 0.266 e. The second kappa shape index (κ2) is 5.76. The molecule has 0 aliphatic heterocycles. The van der Waals surface area contributed by atoms with Crippen LogP contribution in [0.15, 0.2) is 53.3 Å². The number of hydrogen-bond acceptors (Lipinski definition) is 1. The maximum atomic E-state index is 14.1. The summed E-state index contributed by atoms with van der Waals surface area (Å²) in [6, 6.07) is 14.4. The van der Waals surface area contributed by atoms with Crippen molar-refractivity contribution in [3.8, 4) is 5.69 Å². The fourth-order valence-corrected chi connectivity index (χ4v) is 2.89. The number of nitrogens with zero attached hydrogens (tertiary/aromatic N) is 1. The van der Waals surface area contributed by atoms with Crippen LogP contribution < -0.4 is 5.56 Å². The van der Waals surface area contributed by atoms with Gasteiger partial charge in [0, 0.05) is 5.69 Å². The summed E-state index contributed by atoms with van der Waals surface area (Å²) in [5, 5.41) is 0.823. The van der Waals surface area contributed by atoms with E-state index in [9.17, 15) is 9.18 Å². The zero-order valence-electron chi connectivity index (χ0n) is 12.8. The molecule has 0 unspecified atom stereocenters. The van der Waals surface area contributed by atoms with E-state index in [1.165, 1.54) is 6.07 Å². The maximum Gasteiger partial charge on any atom is 0.266 e. The molecule has 0 atom stereocenters. The van der Waals surface area contributed by atoms with Crippen molar-refractivity contribution in [2.45, 2.75) is 26.7 Å². The van der Waals surface area contributed by atoms with Crippen LogP contribution in [0.2, 0.25) is 0 Å². The summed E-state index contributed by atoms with van der Waals surface area (Å²) in [6.45, 7) is 4.03. The lowest BCUT2D eigenvalue weighted by atomic mass is 10.1. The second-order valence-corrected chi connectivity index (χ2v) is 5.52. The van der Waals surface area contributed by atoms with Gasteiger partial charge in [-0.3, -0.25) is 9.36 Å². The van der Waals surface area contributed by atoms with Gasteiger partial charge in [0.15, 0.2) is 0 Å². The van der Waals surface area contributed by atoms with Crippen LogP contribution in [0.1, 0.15) is 24.6 Å². The Morgan fingerprint density at radius 2 is 1.86 bits per heavy atom. The lowest BCUT2D eigenvalue weighted by molar-refractivity contribution is 0.637. The molecule has 0 N–H and O–H groups in total. The number of benzene rings is 2. The van der Waals surface area contributed by atoms with Crippen LogP contribution in [0.5, 0.6) is 0 Å². The predicted octanol–water partition coefficient (Wildman–Crippen LogP) is 4.39. The molecule has 0 saturated heterocycles. The third kappa shape index (κ3) is 2.33. The molecule has 112 valence electrons. The molecule has 2 aromatic carbocycles. The Labute approximate surface area is 128 Å². The Bertz CT molecular complexity index is 896. The van der Waals surface area contributed by atoms with Gasteiger partial charge in [-0.1, -0.05) is 43.7 Å². The van der Waals surface area contributed by atoms with Gasteiger partial charge in [0.25, 0.3) is 5.56 Å². The highest BCUT2D eigenvalue weighted by atomic mass is 19.1. The molecule has 3 heteroatoms. The molecule has 3 rings (SSSR count). The molecular formula is C19H18FNO. The predicted molar refractivity (Wildman–Crippen MR) is 88.2 cm³/mol. The zero-order valence-corrected chi connectivity index (χ0v) is 12.8. The van der Waals surface area contributed by atoms with Crippen LogP contribution in [0.4, 0.5) is 4.39 Å². The summed E-state index contributed by atoms with van der Waals surface area (Å²) in [7, 11) is 0. The monoisotopic (exact) mass is 295 g/mol. The highest BCUT2D eigenvalue weighted by Crippen LogP contribution is 2.21. The van der Waals surface area contributed by atoms with Gasteiger partial charge < -0.3 is 0 Å². The van der Waals surface area contributed by atoms with Crippen molar-refractivity contribution in [1.82, 2.24) is 4.57 Å². The molecule has 0 radical (unpaired) electrons. The summed E-state index contributed by atoms with van der Waals surface area (Å²) in [5.41, 5.74) is 2.45. The number of pyridine rings is 1. The first-order chi connectivity index (χ1) is 10.6. The quantitative estimate of drug-likeness (QED) is 0.702. The number of fused-ring (bicyclic) bond motifs is 1. The molecule has 0 amide bonds. The van der Waals surface area contributed by atoms with Gasteiger partial charge in [-0.15, -0.1) is 0 Å². The molecule has 22 heavy (non-hydrogen) atoms. The van der Waals surface area contributed by atoms with E-state index in [-0.39, 0.29) is 10.9 Å². The lowest BCUT2D eigenvalue weighted by Crippen LogP contribution is -2.23. The van der Waals surface area contributed by atoms with E-state index < -0.39 is 5.82 Å².